The minimum atomic E-state index is -0.0381. The Morgan fingerprint density at radius 2 is 1.89 bits per heavy atom. The molecule has 0 radical (unpaired) electrons. The molecule has 2 rings (SSSR count). The van der Waals surface area contributed by atoms with Gasteiger partial charge in [-0.25, -0.2) is 0 Å². The van der Waals surface area contributed by atoms with Crippen LogP contribution < -0.4 is 5.73 Å². The highest BCUT2D eigenvalue weighted by molar-refractivity contribution is 5.51. The first kappa shape index (κ1) is 14.4. The van der Waals surface area contributed by atoms with Crippen molar-refractivity contribution in [3.63, 3.8) is 0 Å². The fourth-order valence-electron chi connectivity index (χ4n) is 3.06. The van der Waals surface area contributed by atoms with Gasteiger partial charge in [-0.2, -0.15) is 0 Å². The van der Waals surface area contributed by atoms with Crippen molar-refractivity contribution in [3.8, 4) is 5.75 Å². The summed E-state index contributed by atoms with van der Waals surface area (Å²) in [6.07, 6.45) is 4.43. The number of rotatable bonds is 3. The SMILES string of the molecule is CCc1cc(C(C)(C)C)c(O)c(C2(CN)CCC2)c1. The number of nitrogens with two attached hydrogens (primary N) is 1. The van der Waals surface area contributed by atoms with Crippen molar-refractivity contribution < 1.29 is 5.11 Å². The molecule has 0 atom stereocenters. The van der Waals surface area contributed by atoms with Crippen molar-refractivity contribution in [2.24, 2.45) is 5.73 Å². The molecule has 106 valence electrons. The van der Waals surface area contributed by atoms with Crippen LogP contribution in [-0.4, -0.2) is 11.7 Å². The van der Waals surface area contributed by atoms with Crippen molar-refractivity contribution in [1.29, 1.82) is 0 Å². The molecule has 2 nitrogen and oxygen atoms in total. The van der Waals surface area contributed by atoms with Gasteiger partial charge in [0.25, 0.3) is 0 Å². The molecule has 0 unspecified atom stereocenters. The lowest BCUT2D eigenvalue weighted by atomic mass is 9.63. The molecule has 0 spiro atoms. The van der Waals surface area contributed by atoms with Gasteiger partial charge in [-0.05, 0) is 35.8 Å². The normalized spacial score (nSPS) is 18.2. The summed E-state index contributed by atoms with van der Waals surface area (Å²) in [5, 5.41) is 10.7. The molecule has 1 fully saturated rings. The van der Waals surface area contributed by atoms with Crippen LogP contribution in [0.4, 0.5) is 0 Å². The Kier molecular flexibility index (Phi) is 3.65. The summed E-state index contributed by atoms with van der Waals surface area (Å²) in [5.74, 6) is 0.481. The molecule has 0 saturated heterocycles. The zero-order valence-electron chi connectivity index (χ0n) is 12.7. The molecule has 1 aromatic rings. The molecule has 1 aliphatic carbocycles. The summed E-state index contributed by atoms with van der Waals surface area (Å²) in [4.78, 5) is 0. The van der Waals surface area contributed by atoms with Gasteiger partial charge in [-0.1, -0.05) is 46.2 Å². The minimum absolute atomic E-state index is 0.0231. The molecule has 0 aliphatic heterocycles. The number of hydrogen-bond acceptors (Lipinski definition) is 2. The number of phenols is 1. The van der Waals surface area contributed by atoms with E-state index < -0.39 is 0 Å². The Morgan fingerprint density at radius 1 is 1.26 bits per heavy atom. The van der Waals surface area contributed by atoms with Crippen LogP contribution in [0.1, 0.15) is 63.6 Å². The summed E-state index contributed by atoms with van der Waals surface area (Å²) in [7, 11) is 0. The van der Waals surface area contributed by atoms with Crippen LogP contribution in [0.15, 0.2) is 12.1 Å². The van der Waals surface area contributed by atoms with Gasteiger partial charge < -0.3 is 10.8 Å². The molecule has 3 N–H and O–H groups in total. The van der Waals surface area contributed by atoms with E-state index >= 15 is 0 Å². The van der Waals surface area contributed by atoms with Crippen LogP contribution in [0, 0.1) is 0 Å². The summed E-state index contributed by atoms with van der Waals surface area (Å²) >= 11 is 0. The Morgan fingerprint density at radius 3 is 2.26 bits per heavy atom. The standard InChI is InChI=1S/C17H27NO/c1-5-12-9-13(16(2,3)4)15(19)14(10-12)17(11-18)7-6-8-17/h9-10,19H,5-8,11,18H2,1-4H3. The van der Waals surface area contributed by atoms with Gasteiger partial charge in [0.15, 0.2) is 0 Å². The van der Waals surface area contributed by atoms with Crippen LogP contribution in [-0.2, 0) is 17.3 Å². The third-order valence-electron chi connectivity index (χ3n) is 4.66. The number of aromatic hydroxyl groups is 1. The average Bonchev–Trinajstić information content (AvgIpc) is 2.29. The first-order chi connectivity index (χ1) is 8.84. The quantitative estimate of drug-likeness (QED) is 0.872. The number of hydrogen-bond donors (Lipinski definition) is 2. The maximum atomic E-state index is 10.7. The van der Waals surface area contributed by atoms with E-state index in [4.69, 9.17) is 5.73 Å². The Labute approximate surface area is 117 Å². The molecule has 1 aromatic carbocycles. The van der Waals surface area contributed by atoms with Gasteiger partial charge in [-0.15, -0.1) is 0 Å². The second kappa shape index (κ2) is 4.82. The van der Waals surface area contributed by atoms with Gasteiger partial charge in [0.1, 0.15) is 5.75 Å². The Balaban J connectivity index is 2.60. The fourth-order valence-corrected chi connectivity index (χ4v) is 3.06. The lowest BCUT2D eigenvalue weighted by molar-refractivity contribution is 0.243. The van der Waals surface area contributed by atoms with E-state index in [0.29, 0.717) is 12.3 Å². The summed E-state index contributed by atoms with van der Waals surface area (Å²) in [5.41, 5.74) is 9.44. The van der Waals surface area contributed by atoms with E-state index in [2.05, 4.69) is 39.8 Å². The average molecular weight is 261 g/mol. The minimum Gasteiger partial charge on any atom is -0.507 e. The van der Waals surface area contributed by atoms with Crippen LogP contribution in [0.5, 0.6) is 5.75 Å². The second-order valence-electron chi connectivity index (χ2n) is 6.98. The van der Waals surface area contributed by atoms with Gasteiger partial charge >= 0.3 is 0 Å². The molecule has 0 aromatic heterocycles. The van der Waals surface area contributed by atoms with Crippen molar-refractivity contribution in [2.75, 3.05) is 6.54 Å². The van der Waals surface area contributed by atoms with Gasteiger partial charge in [-0.3, -0.25) is 0 Å². The number of phenolic OH excluding ortho intramolecular Hbond substituents is 1. The zero-order valence-corrected chi connectivity index (χ0v) is 12.7. The third-order valence-corrected chi connectivity index (χ3v) is 4.66. The first-order valence-corrected chi connectivity index (χ1v) is 7.41. The van der Waals surface area contributed by atoms with Crippen molar-refractivity contribution in [2.45, 2.75) is 64.2 Å². The zero-order chi connectivity index (χ0) is 14.3. The van der Waals surface area contributed by atoms with E-state index in [1.807, 2.05) is 0 Å². The number of aryl methyl sites for hydroxylation is 1. The van der Waals surface area contributed by atoms with E-state index in [0.717, 1.165) is 30.4 Å². The molecule has 0 amide bonds. The predicted octanol–water partition coefficient (Wildman–Crippen LogP) is 3.63. The summed E-state index contributed by atoms with van der Waals surface area (Å²) in [6, 6.07) is 4.33. The van der Waals surface area contributed by atoms with Crippen molar-refractivity contribution in [3.05, 3.63) is 28.8 Å². The molecule has 2 heteroatoms. The molecule has 0 heterocycles. The molecular weight excluding hydrogens is 234 g/mol. The van der Waals surface area contributed by atoms with Gasteiger partial charge in [0.05, 0.1) is 0 Å². The van der Waals surface area contributed by atoms with Crippen LogP contribution >= 0.6 is 0 Å². The van der Waals surface area contributed by atoms with E-state index in [-0.39, 0.29) is 10.8 Å². The topological polar surface area (TPSA) is 46.2 Å². The van der Waals surface area contributed by atoms with Crippen molar-refractivity contribution in [1.82, 2.24) is 0 Å². The fraction of sp³-hybridized carbons (Fsp3) is 0.647. The first-order valence-electron chi connectivity index (χ1n) is 7.41. The molecule has 19 heavy (non-hydrogen) atoms. The highest BCUT2D eigenvalue weighted by atomic mass is 16.3. The maximum Gasteiger partial charge on any atom is 0.123 e. The highest BCUT2D eigenvalue weighted by Crippen LogP contribution is 2.49. The lowest BCUT2D eigenvalue weighted by Crippen LogP contribution is -2.42. The summed E-state index contributed by atoms with van der Waals surface area (Å²) < 4.78 is 0. The van der Waals surface area contributed by atoms with E-state index in [1.165, 1.54) is 12.0 Å². The monoisotopic (exact) mass is 261 g/mol. The van der Waals surface area contributed by atoms with Gasteiger partial charge in [0.2, 0.25) is 0 Å². The van der Waals surface area contributed by atoms with E-state index in [1.54, 1.807) is 0 Å². The predicted molar refractivity (Wildman–Crippen MR) is 80.8 cm³/mol. The maximum absolute atomic E-state index is 10.7. The van der Waals surface area contributed by atoms with Gasteiger partial charge in [0, 0.05) is 17.5 Å². The summed E-state index contributed by atoms with van der Waals surface area (Å²) in [6.45, 7) is 9.26. The van der Waals surface area contributed by atoms with Crippen LogP contribution in [0.2, 0.25) is 0 Å². The highest BCUT2D eigenvalue weighted by Gasteiger charge is 2.40. The Bertz CT molecular complexity index is 461. The number of benzene rings is 1. The van der Waals surface area contributed by atoms with E-state index in [9.17, 15) is 5.11 Å². The smallest absolute Gasteiger partial charge is 0.123 e. The Hall–Kier alpha value is -1.02. The largest absolute Gasteiger partial charge is 0.507 e. The van der Waals surface area contributed by atoms with Crippen molar-refractivity contribution >= 4 is 0 Å². The third kappa shape index (κ3) is 2.38. The molecule has 0 bridgehead atoms. The molecule has 1 aliphatic rings. The molecular formula is C17H27NO. The second-order valence-corrected chi connectivity index (χ2v) is 6.98. The van der Waals surface area contributed by atoms with Crippen LogP contribution in [0.3, 0.4) is 0 Å². The molecule has 1 saturated carbocycles. The van der Waals surface area contributed by atoms with Crippen LogP contribution in [0.25, 0.3) is 0 Å². The lowest BCUT2D eigenvalue weighted by Gasteiger charge is -2.43.